The lowest BCUT2D eigenvalue weighted by Crippen LogP contribution is -1.98. The van der Waals surface area contributed by atoms with Gasteiger partial charge >= 0.3 is 6.01 Å². The van der Waals surface area contributed by atoms with E-state index in [2.05, 4.69) is 436 Å². The van der Waals surface area contributed by atoms with Gasteiger partial charge in [-0.2, -0.15) is 0 Å². The summed E-state index contributed by atoms with van der Waals surface area (Å²) in [5, 5.41) is 23.6. The highest BCUT2D eigenvalue weighted by Crippen LogP contribution is 2.49. The monoisotopic (exact) mass is 1560 g/mol. The van der Waals surface area contributed by atoms with Gasteiger partial charge in [-0.1, -0.05) is 248 Å². The summed E-state index contributed by atoms with van der Waals surface area (Å²) in [6, 6.07) is 153. The molecule has 0 spiro atoms. The molecule has 0 bridgehead atoms. The van der Waals surface area contributed by atoms with Gasteiger partial charge in [-0.05, 0) is 204 Å². The van der Waals surface area contributed by atoms with Gasteiger partial charge in [0.25, 0.3) is 0 Å². The predicted molar refractivity (Wildman–Crippen MR) is 503 cm³/mol. The van der Waals surface area contributed by atoms with Gasteiger partial charge in [0.05, 0.1) is 77.2 Å². The Morgan fingerprint density at radius 2 is 0.475 bits per heavy atom. The molecule has 0 saturated heterocycles. The lowest BCUT2D eigenvalue weighted by atomic mass is 9.95. The molecule has 570 valence electrons. The lowest BCUT2D eigenvalue weighted by Gasteiger charge is -2.12. The number of nitrogens with zero attached hydrogens (tertiary/aromatic N) is 10. The molecule has 0 aliphatic carbocycles. The summed E-state index contributed by atoms with van der Waals surface area (Å²) in [6.45, 7) is 0. The predicted octanol–water partition coefficient (Wildman–Crippen LogP) is 28.3. The van der Waals surface area contributed by atoms with Crippen LogP contribution in [0.5, 0.6) is 0 Å². The smallest absolute Gasteiger partial charge is 0.327 e. The van der Waals surface area contributed by atoms with Gasteiger partial charge in [0.15, 0.2) is 0 Å². The molecule has 0 amide bonds. The van der Waals surface area contributed by atoms with Gasteiger partial charge in [0.2, 0.25) is 5.89 Å². The number of benzene rings is 18. The summed E-state index contributed by atoms with van der Waals surface area (Å²) in [7, 11) is 0. The maximum atomic E-state index is 6.38. The number of rotatable bonds is 11. The maximum Gasteiger partial charge on any atom is 0.327 e. The van der Waals surface area contributed by atoms with Crippen LogP contribution in [0.2, 0.25) is 0 Å². The first kappa shape index (κ1) is 68.6. The number of para-hydroxylation sites is 11. The number of aromatic nitrogens is 10. The number of fused-ring (bicyclic) bond motifs is 19. The normalized spacial score (nSPS) is 11.9. The average molecular weight is 1560 g/mol. The highest BCUT2D eigenvalue weighted by Gasteiger charge is 2.27. The molecule has 0 saturated carbocycles. The summed E-state index contributed by atoms with van der Waals surface area (Å²) in [4.78, 5) is 5.16. The van der Waals surface area contributed by atoms with E-state index in [0.717, 1.165) is 101 Å². The van der Waals surface area contributed by atoms with Crippen LogP contribution >= 0.6 is 0 Å². The molecule has 122 heavy (non-hydrogen) atoms. The zero-order chi connectivity index (χ0) is 80.0. The second-order valence-corrected chi connectivity index (χ2v) is 31.4. The van der Waals surface area contributed by atoms with Crippen LogP contribution in [0.25, 0.3) is 227 Å². The molecule has 0 aliphatic heterocycles. The first-order valence-corrected chi connectivity index (χ1v) is 41.4. The Kier molecular flexibility index (Phi) is 15.5. The topological polar surface area (TPSA) is 86.3 Å². The van der Waals surface area contributed by atoms with E-state index in [1.807, 2.05) is 30.3 Å². The largest absolute Gasteiger partial charge is 0.403 e. The molecular formula is C111H70N10O. The molecule has 11 nitrogen and oxygen atoms in total. The molecule has 8 aromatic heterocycles. The average Bonchev–Trinajstić information content (AvgIpc) is 1.53. The summed E-state index contributed by atoms with van der Waals surface area (Å²) >= 11 is 0. The van der Waals surface area contributed by atoms with E-state index < -0.39 is 0 Å². The fourth-order valence-corrected chi connectivity index (χ4v) is 19.7. The van der Waals surface area contributed by atoms with Gasteiger partial charge in [0.1, 0.15) is 5.82 Å². The SMILES string of the molecule is c1ccc(-c2nnc(-n3c4ccccc4c4c(-c5cccc6c5c5ccccc5n6-c5ccc6c(c5)c5ccccc5n6-c5ccccc5)cccc43)o2)cc1.c1ccc(-n2c(-c3ccc(-n4c5ccccc5c5c(-c6cccc7c6c6ccccc6n7-c6ccc7c(c6)c6ccccc6n7-c6ccccc6)cccc54)cc3)nc3ccccc32)cc1. The molecule has 0 unspecified atom stereocenters. The Labute approximate surface area is 698 Å². The van der Waals surface area contributed by atoms with Crippen molar-refractivity contribution in [3.63, 3.8) is 0 Å². The van der Waals surface area contributed by atoms with E-state index in [1.165, 1.54) is 115 Å². The van der Waals surface area contributed by atoms with E-state index in [-0.39, 0.29) is 0 Å². The Morgan fingerprint density at radius 3 is 0.902 bits per heavy atom. The highest BCUT2D eigenvalue weighted by molar-refractivity contribution is 6.25. The number of hydrogen-bond donors (Lipinski definition) is 0. The van der Waals surface area contributed by atoms with E-state index in [1.54, 1.807) is 0 Å². The number of imidazole rings is 1. The summed E-state index contributed by atoms with van der Waals surface area (Å²) < 4.78 is 22.8. The third-order valence-corrected chi connectivity index (χ3v) is 24.8. The van der Waals surface area contributed by atoms with E-state index >= 15 is 0 Å². The molecule has 0 radical (unpaired) electrons. The molecule has 26 aromatic rings. The first-order chi connectivity index (χ1) is 60.6. The molecule has 26 rings (SSSR count). The summed E-state index contributed by atoms with van der Waals surface area (Å²) in [6.07, 6.45) is 0. The van der Waals surface area contributed by atoms with Crippen molar-refractivity contribution in [2.24, 2.45) is 0 Å². The van der Waals surface area contributed by atoms with E-state index in [4.69, 9.17) is 9.40 Å². The van der Waals surface area contributed by atoms with Crippen LogP contribution in [0.4, 0.5) is 0 Å². The van der Waals surface area contributed by atoms with Gasteiger partial charge in [0, 0.05) is 110 Å². The fourth-order valence-electron chi connectivity index (χ4n) is 19.7. The first-order valence-electron chi connectivity index (χ1n) is 41.4. The second kappa shape index (κ2) is 27.5. The summed E-state index contributed by atoms with van der Waals surface area (Å²) in [5.41, 5.74) is 29.3. The molecule has 18 aromatic carbocycles. The Bertz CT molecular complexity index is 8690. The van der Waals surface area contributed by atoms with Crippen LogP contribution in [0.1, 0.15) is 0 Å². The van der Waals surface area contributed by atoms with Crippen LogP contribution in [-0.4, -0.2) is 47.2 Å². The Morgan fingerprint density at radius 1 is 0.180 bits per heavy atom. The van der Waals surface area contributed by atoms with Gasteiger partial charge in [-0.25, -0.2) is 4.98 Å². The second-order valence-electron chi connectivity index (χ2n) is 31.4. The standard InChI is InChI=1S/C61H39N5.C50H31N5O/c1-3-17-41(18-4-1)63-52-27-11-7-21-45(52)50-39-44(37-38-55(50)63)65-54-29-13-9-23-49(54)60-47(25-16-32-58(60)65)46-24-15-31-57-59(46)48-22-8-12-28-53(48)64(57)43-35-33-40(34-36-43)61-62-51-26-10-14-30-56(51)66(61)42-19-5-2-6-20-42;1-3-15-32(16-4-1)49-51-52-50(56-49)55-43-26-12-9-21-39(43)48-37(23-14-28-46(48)55)36-22-13-27-45-47(36)38-20-8-11-25-42(38)54(45)34-29-30-44-40(31-34)35-19-7-10-24-41(35)53(44)33-17-5-2-6-18-33/h1-39H;1-31H. The third kappa shape index (κ3) is 10.5. The van der Waals surface area contributed by atoms with Crippen LogP contribution in [0, 0.1) is 0 Å². The molecule has 11 heteroatoms. The molecular weight excluding hydrogens is 1490 g/mol. The minimum Gasteiger partial charge on any atom is -0.403 e. The van der Waals surface area contributed by atoms with Gasteiger partial charge < -0.3 is 27.3 Å². The quantitative estimate of drug-likeness (QED) is 0.129. The van der Waals surface area contributed by atoms with Crippen LogP contribution in [-0.2, 0) is 0 Å². The van der Waals surface area contributed by atoms with E-state index in [9.17, 15) is 0 Å². The third-order valence-electron chi connectivity index (χ3n) is 24.8. The molecule has 0 atom stereocenters. The van der Waals surface area contributed by atoms with Crippen molar-refractivity contribution in [1.82, 2.24) is 47.2 Å². The van der Waals surface area contributed by atoms with Gasteiger partial charge in [-0.15, -0.1) is 5.10 Å². The van der Waals surface area contributed by atoms with Crippen molar-refractivity contribution >= 4 is 142 Å². The summed E-state index contributed by atoms with van der Waals surface area (Å²) in [5.74, 6) is 1.41. The van der Waals surface area contributed by atoms with Crippen LogP contribution in [0.15, 0.2) is 429 Å². The van der Waals surface area contributed by atoms with Crippen molar-refractivity contribution in [2.75, 3.05) is 0 Å². The molecule has 0 aliphatic rings. The van der Waals surface area contributed by atoms with E-state index in [0.29, 0.717) is 11.9 Å². The zero-order valence-electron chi connectivity index (χ0n) is 65.8. The van der Waals surface area contributed by atoms with Crippen molar-refractivity contribution in [1.29, 1.82) is 0 Å². The Hall–Kier alpha value is -16.6. The minimum absolute atomic E-state index is 0.436. The number of hydrogen-bond acceptors (Lipinski definition) is 4. The van der Waals surface area contributed by atoms with Crippen molar-refractivity contribution in [3.8, 4) is 85.2 Å². The minimum atomic E-state index is 0.436. The molecule has 0 N–H and O–H groups in total. The fraction of sp³-hybridized carbons (Fsp3) is 0. The Balaban J connectivity index is 0.000000136. The van der Waals surface area contributed by atoms with Gasteiger partial charge in [-0.3, -0.25) is 9.13 Å². The van der Waals surface area contributed by atoms with Crippen molar-refractivity contribution in [2.45, 2.75) is 0 Å². The van der Waals surface area contributed by atoms with Crippen LogP contribution in [0.3, 0.4) is 0 Å². The van der Waals surface area contributed by atoms with Crippen molar-refractivity contribution in [3.05, 3.63) is 425 Å². The molecule has 8 heterocycles. The highest BCUT2D eigenvalue weighted by atomic mass is 16.4. The maximum absolute atomic E-state index is 6.38. The van der Waals surface area contributed by atoms with Crippen molar-refractivity contribution < 1.29 is 4.42 Å². The molecule has 0 fully saturated rings. The van der Waals surface area contributed by atoms with Crippen LogP contribution < -0.4 is 0 Å². The lowest BCUT2D eigenvalue weighted by molar-refractivity contribution is 0.546. The zero-order valence-corrected chi connectivity index (χ0v) is 65.8.